The molecule has 1 amide bonds. The number of anilines is 1. The monoisotopic (exact) mass is 547 g/mol. The Morgan fingerprint density at radius 2 is 1.71 bits per heavy atom. The van der Waals surface area contributed by atoms with Gasteiger partial charge in [-0.05, 0) is 36.4 Å². The van der Waals surface area contributed by atoms with E-state index in [0.29, 0.717) is 43.9 Å². The summed E-state index contributed by atoms with van der Waals surface area (Å²) in [5, 5.41) is 4.98. The van der Waals surface area contributed by atoms with E-state index in [2.05, 4.69) is 10.1 Å². The SMILES string of the molecule is O=C(CCN(C(=O)C(Cl)Cl)c1cccc(-c2cc(-c3c(Cl)cccc3Cl)no2)c1)c1cccnc1. The number of hydrogen-bond acceptors (Lipinski definition) is 5. The standard InChI is InChI=1S/C25H17Cl4N3O3/c26-18-7-2-8-19(27)23(18)20-13-22(35-31-20)15-4-1-6-17(12-15)32(25(34)24(28)29)11-9-21(33)16-5-3-10-30-14-16/h1-8,10,12-14,24H,9,11H2. The van der Waals surface area contributed by atoms with Crippen LogP contribution in [0.1, 0.15) is 16.8 Å². The maximum atomic E-state index is 12.8. The maximum Gasteiger partial charge on any atom is 0.260 e. The predicted octanol–water partition coefficient (Wildman–Crippen LogP) is 7.12. The van der Waals surface area contributed by atoms with E-state index in [9.17, 15) is 9.59 Å². The van der Waals surface area contributed by atoms with Gasteiger partial charge in [-0.2, -0.15) is 0 Å². The molecule has 4 rings (SSSR count). The minimum absolute atomic E-state index is 0.0552. The number of benzene rings is 2. The van der Waals surface area contributed by atoms with Crippen molar-refractivity contribution in [3.63, 3.8) is 0 Å². The second-order valence-electron chi connectivity index (χ2n) is 7.43. The highest BCUT2D eigenvalue weighted by molar-refractivity contribution is 6.54. The van der Waals surface area contributed by atoms with Crippen LogP contribution < -0.4 is 4.90 Å². The lowest BCUT2D eigenvalue weighted by Crippen LogP contribution is -2.36. The van der Waals surface area contributed by atoms with Crippen LogP contribution in [0.5, 0.6) is 0 Å². The third-order valence-corrected chi connectivity index (χ3v) is 6.17. The van der Waals surface area contributed by atoms with Crippen molar-refractivity contribution in [3.05, 3.63) is 88.7 Å². The minimum Gasteiger partial charge on any atom is -0.356 e. The molecule has 0 N–H and O–H groups in total. The van der Waals surface area contributed by atoms with Crippen LogP contribution in [0.25, 0.3) is 22.6 Å². The highest BCUT2D eigenvalue weighted by Crippen LogP contribution is 2.36. The van der Waals surface area contributed by atoms with E-state index in [4.69, 9.17) is 50.9 Å². The fourth-order valence-corrected chi connectivity index (χ4v) is 4.30. The number of pyridine rings is 1. The molecule has 0 unspecified atom stereocenters. The van der Waals surface area contributed by atoms with Crippen LogP contribution in [0.2, 0.25) is 10.0 Å². The Morgan fingerprint density at radius 3 is 2.40 bits per heavy atom. The molecule has 35 heavy (non-hydrogen) atoms. The van der Waals surface area contributed by atoms with Crippen LogP contribution in [0.3, 0.4) is 0 Å². The summed E-state index contributed by atoms with van der Waals surface area (Å²) < 4.78 is 5.53. The third kappa shape index (κ3) is 5.85. The number of amides is 1. The highest BCUT2D eigenvalue weighted by atomic mass is 35.5. The molecule has 6 nitrogen and oxygen atoms in total. The Kier molecular flexibility index (Phi) is 8.08. The average Bonchev–Trinajstić information content (AvgIpc) is 3.34. The first-order chi connectivity index (χ1) is 16.8. The van der Waals surface area contributed by atoms with Crippen molar-refractivity contribution in [1.82, 2.24) is 10.1 Å². The number of carbonyl (C=O) groups is 2. The number of ketones is 1. The lowest BCUT2D eigenvalue weighted by molar-refractivity contribution is -0.117. The van der Waals surface area contributed by atoms with Crippen LogP contribution in [0, 0.1) is 0 Å². The third-order valence-electron chi connectivity index (χ3n) is 5.17. The Morgan fingerprint density at radius 1 is 0.971 bits per heavy atom. The zero-order chi connectivity index (χ0) is 24.9. The van der Waals surface area contributed by atoms with Crippen LogP contribution >= 0.6 is 46.4 Å². The smallest absolute Gasteiger partial charge is 0.260 e. The molecule has 0 atom stereocenters. The van der Waals surface area contributed by atoms with Gasteiger partial charge in [0.2, 0.25) is 0 Å². The fraction of sp³-hybridized carbons (Fsp3) is 0.120. The van der Waals surface area contributed by atoms with Gasteiger partial charge >= 0.3 is 0 Å². The van der Waals surface area contributed by atoms with Crippen molar-refractivity contribution in [2.75, 3.05) is 11.4 Å². The summed E-state index contributed by atoms with van der Waals surface area (Å²) in [6.07, 6.45) is 3.12. The van der Waals surface area contributed by atoms with Gasteiger partial charge in [-0.15, -0.1) is 0 Å². The number of aromatic nitrogens is 2. The average molecular weight is 549 g/mol. The molecule has 2 aromatic carbocycles. The second kappa shape index (κ2) is 11.2. The summed E-state index contributed by atoms with van der Waals surface area (Å²) in [7, 11) is 0. The first kappa shape index (κ1) is 25.2. The molecule has 0 spiro atoms. The number of Topliss-reactive ketones (excluding diaryl/α,β-unsaturated/α-hetero) is 1. The van der Waals surface area contributed by atoms with Gasteiger partial charge in [-0.3, -0.25) is 14.6 Å². The molecule has 0 aliphatic carbocycles. The molecule has 2 heterocycles. The first-order valence-electron chi connectivity index (χ1n) is 10.4. The quantitative estimate of drug-likeness (QED) is 0.173. The highest BCUT2D eigenvalue weighted by Gasteiger charge is 2.24. The Balaban J connectivity index is 1.61. The van der Waals surface area contributed by atoms with Crippen molar-refractivity contribution in [2.45, 2.75) is 11.3 Å². The van der Waals surface area contributed by atoms with Crippen LogP contribution in [-0.4, -0.2) is 33.2 Å². The molecule has 178 valence electrons. The van der Waals surface area contributed by atoms with Crippen LogP contribution in [0.4, 0.5) is 5.69 Å². The summed E-state index contributed by atoms with van der Waals surface area (Å²) in [6, 6.07) is 17.2. The molecule has 10 heteroatoms. The van der Waals surface area contributed by atoms with Gasteiger partial charge in [0.1, 0.15) is 5.69 Å². The van der Waals surface area contributed by atoms with E-state index >= 15 is 0 Å². The van der Waals surface area contributed by atoms with Gasteiger partial charge in [-0.25, -0.2) is 0 Å². The van der Waals surface area contributed by atoms with Crippen molar-refractivity contribution < 1.29 is 14.1 Å². The predicted molar refractivity (Wildman–Crippen MR) is 138 cm³/mol. The lowest BCUT2D eigenvalue weighted by atomic mass is 10.1. The molecular weight excluding hydrogens is 532 g/mol. The van der Waals surface area contributed by atoms with Gasteiger partial charge in [0, 0.05) is 53.8 Å². The zero-order valence-corrected chi connectivity index (χ0v) is 21.0. The summed E-state index contributed by atoms with van der Waals surface area (Å²) in [6.45, 7) is 0.0723. The summed E-state index contributed by atoms with van der Waals surface area (Å²) in [4.78, 5) is 29.4. The van der Waals surface area contributed by atoms with Gasteiger partial charge in [0.15, 0.2) is 16.4 Å². The molecule has 0 fully saturated rings. The summed E-state index contributed by atoms with van der Waals surface area (Å²) >= 11 is 24.4. The van der Waals surface area contributed by atoms with Crippen molar-refractivity contribution in [2.24, 2.45) is 0 Å². The van der Waals surface area contributed by atoms with Gasteiger partial charge in [0.25, 0.3) is 5.91 Å². The van der Waals surface area contributed by atoms with Crippen molar-refractivity contribution in [1.29, 1.82) is 0 Å². The Hall–Kier alpha value is -2.90. The Bertz CT molecular complexity index is 1340. The summed E-state index contributed by atoms with van der Waals surface area (Å²) in [5.41, 5.74) is 2.61. The van der Waals surface area contributed by atoms with Crippen LogP contribution in [0.15, 0.2) is 77.6 Å². The molecule has 0 bridgehead atoms. The number of carbonyl (C=O) groups excluding carboxylic acids is 2. The zero-order valence-electron chi connectivity index (χ0n) is 18.0. The van der Waals surface area contributed by atoms with E-state index in [1.807, 2.05) is 0 Å². The number of nitrogens with zero attached hydrogens (tertiary/aromatic N) is 3. The van der Waals surface area contributed by atoms with E-state index in [-0.39, 0.29) is 18.7 Å². The molecule has 0 aliphatic heterocycles. The maximum absolute atomic E-state index is 12.8. The molecule has 0 aliphatic rings. The molecule has 4 aromatic rings. The second-order valence-corrected chi connectivity index (χ2v) is 9.34. The number of halogens is 4. The molecular formula is C25H17Cl4N3O3. The van der Waals surface area contributed by atoms with Crippen molar-refractivity contribution in [3.8, 4) is 22.6 Å². The van der Waals surface area contributed by atoms with Crippen molar-refractivity contribution >= 4 is 63.8 Å². The van der Waals surface area contributed by atoms with Crippen LogP contribution in [-0.2, 0) is 4.79 Å². The lowest BCUT2D eigenvalue weighted by Gasteiger charge is -2.23. The largest absolute Gasteiger partial charge is 0.356 e. The van der Waals surface area contributed by atoms with E-state index in [1.54, 1.807) is 66.9 Å². The van der Waals surface area contributed by atoms with E-state index in [0.717, 1.165) is 0 Å². The first-order valence-corrected chi connectivity index (χ1v) is 12.0. The number of alkyl halides is 2. The molecule has 0 saturated carbocycles. The minimum atomic E-state index is -1.30. The molecule has 0 radical (unpaired) electrons. The summed E-state index contributed by atoms with van der Waals surface area (Å²) in [5.74, 6) is -0.278. The van der Waals surface area contributed by atoms with E-state index < -0.39 is 10.7 Å². The van der Waals surface area contributed by atoms with E-state index in [1.165, 1.54) is 11.1 Å². The number of rotatable bonds is 8. The van der Waals surface area contributed by atoms with Gasteiger partial charge in [-0.1, -0.05) is 69.8 Å². The topological polar surface area (TPSA) is 76.3 Å². The number of hydrogen-bond donors (Lipinski definition) is 0. The van der Waals surface area contributed by atoms with Gasteiger partial charge < -0.3 is 9.42 Å². The molecule has 0 saturated heterocycles. The fourth-order valence-electron chi connectivity index (χ4n) is 3.47. The van der Waals surface area contributed by atoms with Gasteiger partial charge in [0.05, 0.1) is 10.0 Å². The normalized spacial score (nSPS) is 11.0. The molecule has 2 aromatic heterocycles. The Labute approximate surface area is 221 Å².